The first-order valence-electron chi connectivity index (χ1n) is 9.21. The van der Waals surface area contributed by atoms with Crippen LogP contribution >= 0.6 is 0 Å². The lowest BCUT2D eigenvalue weighted by molar-refractivity contribution is -0.134. The molecule has 8 heteroatoms. The second kappa shape index (κ2) is 8.58. The van der Waals surface area contributed by atoms with Crippen molar-refractivity contribution in [3.8, 4) is 11.5 Å². The van der Waals surface area contributed by atoms with Crippen LogP contribution in [0.2, 0.25) is 0 Å². The van der Waals surface area contributed by atoms with Gasteiger partial charge >= 0.3 is 0 Å². The average Bonchev–Trinajstić information content (AvgIpc) is 3.51. The number of methoxy groups -OCH3 is 2. The van der Waals surface area contributed by atoms with Gasteiger partial charge in [-0.15, -0.1) is 0 Å². The van der Waals surface area contributed by atoms with Crippen LogP contribution in [0, 0.1) is 5.41 Å². The number of ether oxygens (including phenoxy) is 3. The Morgan fingerprint density at radius 1 is 1.15 bits per heavy atom. The highest BCUT2D eigenvalue weighted by molar-refractivity contribution is 6.13. The average molecular weight is 377 g/mol. The lowest BCUT2D eigenvalue weighted by atomic mass is 10.0. The quantitative estimate of drug-likeness (QED) is 0.654. The fraction of sp³-hybridized carbons (Fsp3) is 0.579. The minimum Gasteiger partial charge on any atom is -0.497 e. The van der Waals surface area contributed by atoms with E-state index in [1.54, 1.807) is 25.3 Å². The Labute approximate surface area is 159 Å². The molecule has 0 bridgehead atoms. The minimum atomic E-state index is -0.987. The Morgan fingerprint density at radius 3 is 2.52 bits per heavy atom. The third-order valence-electron chi connectivity index (χ3n) is 5.09. The van der Waals surface area contributed by atoms with Crippen molar-refractivity contribution in [2.75, 3.05) is 58.9 Å². The number of nitrogens with one attached hydrogen (secondary N) is 2. The second-order valence-electron chi connectivity index (χ2n) is 6.81. The summed E-state index contributed by atoms with van der Waals surface area (Å²) in [6.45, 7) is 4.48. The maximum Gasteiger partial charge on any atom is 0.240 e. The van der Waals surface area contributed by atoms with E-state index >= 15 is 0 Å². The molecule has 1 aliphatic heterocycles. The summed E-state index contributed by atoms with van der Waals surface area (Å²) >= 11 is 0. The molecule has 1 saturated carbocycles. The molecule has 0 spiro atoms. The highest BCUT2D eigenvalue weighted by Crippen LogP contribution is 2.47. The number of carbonyl (C=O) groups is 2. The first-order valence-corrected chi connectivity index (χ1v) is 9.21. The van der Waals surface area contributed by atoms with Gasteiger partial charge in [-0.2, -0.15) is 0 Å². The monoisotopic (exact) mass is 377 g/mol. The fourth-order valence-corrected chi connectivity index (χ4v) is 3.16. The van der Waals surface area contributed by atoms with Crippen LogP contribution in [-0.2, 0) is 14.3 Å². The molecule has 2 amide bonds. The van der Waals surface area contributed by atoms with Crippen molar-refractivity contribution in [3.05, 3.63) is 18.2 Å². The zero-order valence-electron chi connectivity index (χ0n) is 15.9. The molecule has 1 aliphatic carbocycles. The molecule has 148 valence electrons. The van der Waals surface area contributed by atoms with E-state index in [0.717, 1.165) is 32.8 Å². The Kier molecular flexibility index (Phi) is 6.18. The topological polar surface area (TPSA) is 89.1 Å². The summed E-state index contributed by atoms with van der Waals surface area (Å²) in [5.41, 5.74) is -0.492. The van der Waals surface area contributed by atoms with Gasteiger partial charge in [-0.3, -0.25) is 14.5 Å². The van der Waals surface area contributed by atoms with Gasteiger partial charge in [0.25, 0.3) is 0 Å². The van der Waals surface area contributed by atoms with Gasteiger partial charge in [0.05, 0.1) is 33.1 Å². The lowest BCUT2D eigenvalue weighted by Gasteiger charge is -2.26. The van der Waals surface area contributed by atoms with Crippen LogP contribution in [0.15, 0.2) is 18.2 Å². The molecule has 2 fully saturated rings. The standard InChI is InChI=1S/C19H27N3O5/c1-25-14-3-4-16(26-2)15(13-14)21-18(24)19(5-6-19)17(23)20-7-8-22-9-11-27-12-10-22/h3-4,13H,5-12H2,1-2H3,(H,20,23)(H,21,24). The van der Waals surface area contributed by atoms with Crippen molar-refractivity contribution in [3.63, 3.8) is 0 Å². The summed E-state index contributed by atoms with van der Waals surface area (Å²) in [4.78, 5) is 27.6. The van der Waals surface area contributed by atoms with Gasteiger partial charge < -0.3 is 24.8 Å². The molecule has 1 heterocycles. The van der Waals surface area contributed by atoms with Crippen LogP contribution in [0.1, 0.15) is 12.8 Å². The summed E-state index contributed by atoms with van der Waals surface area (Å²) < 4.78 is 15.8. The first kappa shape index (κ1) is 19.4. The highest BCUT2D eigenvalue weighted by atomic mass is 16.5. The van der Waals surface area contributed by atoms with Crippen LogP contribution in [0.3, 0.4) is 0 Å². The summed E-state index contributed by atoms with van der Waals surface area (Å²) in [5, 5.41) is 5.74. The number of hydrogen-bond donors (Lipinski definition) is 2. The summed E-state index contributed by atoms with van der Waals surface area (Å²) in [7, 11) is 3.08. The Hall–Kier alpha value is -2.32. The van der Waals surface area contributed by atoms with Crippen molar-refractivity contribution in [1.29, 1.82) is 0 Å². The van der Waals surface area contributed by atoms with Gasteiger partial charge in [-0.1, -0.05) is 0 Å². The molecular formula is C19H27N3O5. The molecule has 1 aromatic rings. The van der Waals surface area contributed by atoms with Crippen molar-refractivity contribution < 1.29 is 23.8 Å². The SMILES string of the molecule is COc1ccc(OC)c(NC(=O)C2(C(=O)NCCN3CCOCC3)CC2)c1. The smallest absolute Gasteiger partial charge is 0.240 e. The molecule has 1 saturated heterocycles. The third kappa shape index (κ3) is 4.51. The molecule has 0 atom stereocenters. The zero-order valence-corrected chi connectivity index (χ0v) is 15.9. The maximum atomic E-state index is 12.8. The van der Waals surface area contributed by atoms with Crippen molar-refractivity contribution >= 4 is 17.5 Å². The normalized spacial score (nSPS) is 18.4. The second-order valence-corrected chi connectivity index (χ2v) is 6.81. The van der Waals surface area contributed by atoms with Crippen molar-refractivity contribution in [1.82, 2.24) is 10.2 Å². The van der Waals surface area contributed by atoms with Gasteiger partial charge in [-0.05, 0) is 25.0 Å². The number of hydrogen-bond acceptors (Lipinski definition) is 6. The van der Waals surface area contributed by atoms with Crippen molar-refractivity contribution in [2.24, 2.45) is 5.41 Å². The predicted octanol–water partition coefficient (Wildman–Crippen LogP) is 0.871. The molecule has 0 radical (unpaired) electrons. The number of anilines is 1. The van der Waals surface area contributed by atoms with E-state index < -0.39 is 5.41 Å². The largest absolute Gasteiger partial charge is 0.497 e. The number of amides is 2. The molecular weight excluding hydrogens is 350 g/mol. The van der Waals surface area contributed by atoms with Gasteiger partial charge in [0, 0.05) is 32.2 Å². The van der Waals surface area contributed by atoms with Gasteiger partial charge in [0.2, 0.25) is 11.8 Å². The van der Waals surface area contributed by atoms with E-state index in [2.05, 4.69) is 15.5 Å². The van der Waals surface area contributed by atoms with E-state index in [-0.39, 0.29) is 11.8 Å². The van der Waals surface area contributed by atoms with E-state index in [1.807, 2.05) is 0 Å². The van der Waals surface area contributed by atoms with E-state index in [9.17, 15) is 9.59 Å². The van der Waals surface area contributed by atoms with Gasteiger partial charge in [-0.25, -0.2) is 0 Å². The van der Waals surface area contributed by atoms with Crippen LogP contribution in [0.25, 0.3) is 0 Å². The highest BCUT2D eigenvalue weighted by Gasteiger charge is 2.56. The predicted molar refractivity (Wildman–Crippen MR) is 100 cm³/mol. The summed E-state index contributed by atoms with van der Waals surface area (Å²) in [6.07, 6.45) is 1.10. The summed E-state index contributed by atoms with van der Waals surface area (Å²) in [6, 6.07) is 5.15. The van der Waals surface area contributed by atoms with Gasteiger partial charge in [0.15, 0.2) is 0 Å². The molecule has 8 nitrogen and oxygen atoms in total. The maximum absolute atomic E-state index is 12.8. The fourth-order valence-electron chi connectivity index (χ4n) is 3.16. The van der Waals surface area contributed by atoms with Crippen LogP contribution < -0.4 is 20.1 Å². The zero-order chi connectivity index (χ0) is 19.3. The molecule has 2 aliphatic rings. The minimum absolute atomic E-state index is 0.213. The van der Waals surface area contributed by atoms with Crippen molar-refractivity contribution in [2.45, 2.75) is 12.8 Å². The van der Waals surface area contributed by atoms with E-state index in [1.165, 1.54) is 7.11 Å². The first-order chi connectivity index (χ1) is 13.1. The number of morpholine rings is 1. The molecule has 2 N–H and O–H groups in total. The number of benzene rings is 1. The molecule has 27 heavy (non-hydrogen) atoms. The Bertz CT molecular complexity index is 684. The van der Waals surface area contributed by atoms with Gasteiger partial charge in [0.1, 0.15) is 16.9 Å². The molecule has 3 rings (SSSR count). The number of rotatable bonds is 8. The van der Waals surface area contributed by atoms with E-state index in [0.29, 0.717) is 36.6 Å². The number of nitrogens with zero attached hydrogens (tertiary/aromatic N) is 1. The van der Waals surface area contributed by atoms with Crippen LogP contribution in [-0.4, -0.2) is 70.3 Å². The Morgan fingerprint density at radius 2 is 1.89 bits per heavy atom. The number of carbonyl (C=O) groups excluding carboxylic acids is 2. The Balaban J connectivity index is 1.56. The molecule has 1 aromatic carbocycles. The third-order valence-corrected chi connectivity index (χ3v) is 5.09. The lowest BCUT2D eigenvalue weighted by Crippen LogP contribution is -2.45. The van der Waals surface area contributed by atoms with Crippen LogP contribution in [0.5, 0.6) is 11.5 Å². The van der Waals surface area contributed by atoms with E-state index in [4.69, 9.17) is 14.2 Å². The molecule has 0 aromatic heterocycles. The molecule has 0 unspecified atom stereocenters. The summed E-state index contributed by atoms with van der Waals surface area (Å²) in [5.74, 6) is 0.603. The van der Waals surface area contributed by atoms with Crippen LogP contribution in [0.4, 0.5) is 5.69 Å².